The summed E-state index contributed by atoms with van der Waals surface area (Å²) >= 11 is 5.32. The number of nitrogens with zero attached hydrogens (tertiary/aromatic N) is 3. The molecular formula is C20H21N3O2S3. The lowest BCUT2D eigenvalue weighted by molar-refractivity contribution is -0.384. The smallest absolute Gasteiger partial charge is 0.278 e. The minimum Gasteiger partial charge on any atom is -0.298 e. The molecule has 1 fully saturated rings. The van der Waals surface area contributed by atoms with Crippen LogP contribution in [0.5, 0.6) is 0 Å². The van der Waals surface area contributed by atoms with Crippen LogP contribution in [0.3, 0.4) is 0 Å². The molecule has 0 bridgehead atoms. The van der Waals surface area contributed by atoms with Crippen molar-refractivity contribution in [2.45, 2.75) is 29.5 Å². The summed E-state index contributed by atoms with van der Waals surface area (Å²) in [4.78, 5) is 19.7. The topological polar surface area (TPSA) is 59.3 Å². The van der Waals surface area contributed by atoms with Crippen molar-refractivity contribution in [1.29, 1.82) is 0 Å². The van der Waals surface area contributed by atoms with Gasteiger partial charge in [-0.15, -0.1) is 34.4 Å². The van der Waals surface area contributed by atoms with Gasteiger partial charge >= 0.3 is 0 Å². The fourth-order valence-corrected chi connectivity index (χ4v) is 6.19. The first-order valence-electron chi connectivity index (χ1n) is 9.18. The normalized spacial score (nSPS) is 15.8. The number of para-hydroxylation sites is 1. The van der Waals surface area contributed by atoms with Gasteiger partial charge in [-0.1, -0.05) is 12.1 Å². The molecule has 8 heteroatoms. The predicted octanol–water partition coefficient (Wildman–Crippen LogP) is 5.88. The van der Waals surface area contributed by atoms with Crippen molar-refractivity contribution in [3.63, 3.8) is 0 Å². The van der Waals surface area contributed by atoms with Gasteiger partial charge in [0, 0.05) is 28.8 Å². The average molecular weight is 432 g/mol. The van der Waals surface area contributed by atoms with Crippen LogP contribution in [0.15, 0.2) is 46.0 Å². The molecule has 3 heterocycles. The maximum absolute atomic E-state index is 11.3. The van der Waals surface area contributed by atoms with Gasteiger partial charge in [0.2, 0.25) is 0 Å². The van der Waals surface area contributed by atoms with E-state index in [0.29, 0.717) is 11.5 Å². The molecule has 1 aliphatic heterocycles. The zero-order valence-electron chi connectivity index (χ0n) is 15.5. The fourth-order valence-electron chi connectivity index (χ4n) is 3.56. The molecule has 4 rings (SSSR count). The van der Waals surface area contributed by atoms with E-state index < -0.39 is 0 Å². The van der Waals surface area contributed by atoms with Crippen molar-refractivity contribution in [2.75, 3.05) is 19.3 Å². The van der Waals surface area contributed by atoms with Crippen molar-refractivity contribution in [3.05, 3.63) is 61.8 Å². The highest BCUT2D eigenvalue weighted by molar-refractivity contribution is 8.00. The number of nitro groups is 1. The molecule has 1 aromatic carbocycles. The van der Waals surface area contributed by atoms with E-state index in [4.69, 9.17) is 4.98 Å². The molecule has 1 saturated heterocycles. The van der Waals surface area contributed by atoms with Gasteiger partial charge in [0.1, 0.15) is 0 Å². The van der Waals surface area contributed by atoms with Gasteiger partial charge in [-0.3, -0.25) is 15.0 Å². The summed E-state index contributed by atoms with van der Waals surface area (Å²) in [6.45, 7) is 3.16. The summed E-state index contributed by atoms with van der Waals surface area (Å²) in [5.74, 6) is 0.447. The number of rotatable bonds is 6. The Hall–Kier alpha value is -1.74. The van der Waals surface area contributed by atoms with Crippen LogP contribution in [0.4, 0.5) is 5.69 Å². The Morgan fingerprint density at radius 3 is 2.75 bits per heavy atom. The number of hydrogen-bond acceptors (Lipinski definition) is 7. The number of thiazole rings is 1. The zero-order chi connectivity index (χ0) is 19.5. The van der Waals surface area contributed by atoms with Gasteiger partial charge in [-0.05, 0) is 50.4 Å². The molecule has 2 aromatic heterocycles. The van der Waals surface area contributed by atoms with E-state index in [2.05, 4.69) is 23.3 Å². The molecule has 0 spiro atoms. The van der Waals surface area contributed by atoms with E-state index >= 15 is 0 Å². The summed E-state index contributed by atoms with van der Waals surface area (Å²) in [5.41, 5.74) is 1.45. The first kappa shape index (κ1) is 19.6. The second kappa shape index (κ2) is 8.73. The maximum Gasteiger partial charge on any atom is 0.278 e. The van der Waals surface area contributed by atoms with Crippen LogP contribution in [0.25, 0.3) is 11.3 Å². The number of thiophene rings is 1. The Bertz CT molecular complexity index is 961. The number of piperidine rings is 1. The number of likely N-dealkylation sites (tertiary alicyclic amines) is 1. The molecule has 28 heavy (non-hydrogen) atoms. The number of benzene rings is 1. The van der Waals surface area contributed by atoms with E-state index in [1.54, 1.807) is 41.3 Å². The number of aromatic nitrogens is 1. The predicted molar refractivity (Wildman–Crippen MR) is 118 cm³/mol. The molecule has 5 nitrogen and oxygen atoms in total. The molecule has 0 amide bonds. The summed E-state index contributed by atoms with van der Waals surface area (Å²) < 4.78 is 1.37. The molecule has 0 radical (unpaired) electrons. The number of hydrogen-bond donors (Lipinski definition) is 0. The SMILES string of the molecule is CSc1ccc(CN2CCC(c3nc(-c4ccccc4[N+](=O)[O-])cs3)CC2)s1. The summed E-state index contributed by atoms with van der Waals surface area (Å²) in [6.07, 6.45) is 4.29. The van der Waals surface area contributed by atoms with Crippen LogP contribution in [0.1, 0.15) is 28.6 Å². The minimum atomic E-state index is -0.333. The van der Waals surface area contributed by atoms with Crippen LogP contribution >= 0.6 is 34.4 Å². The van der Waals surface area contributed by atoms with E-state index in [1.165, 1.54) is 9.09 Å². The highest BCUT2D eigenvalue weighted by Crippen LogP contribution is 2.36. The lowest BCUT2D eigenvalue weighted by Gasteiger charge is -2.30. The van der Waals surface area contributed by atoms with E-state index in [-0.39, 0.29) is 10.6 Å². The van der Waals surface area contributed by atoms with Crippen molar-refractivity contribution in [1.82, 2.24) is 9.88 Å². The second-order valence-corrected chi connectivity index (χ2v) is 9.99. The van der Waals surface area contributed by atoms with Crippen molar-refractivity contribution >= 4 is 40.1 Å². The second-order valence-electron chi connectivity index (χ2n) is 6.82. The largest absolute Gasteiger partial charge is 0.298 e. The van der Waals surface area contributed by atoms with Crippen LogP contribution in [-0.4, -0.2) is 34.2 Å². The summed E-state index contributed by atoms with van der Waals surface area (Å²) in [7, 11) is 0. The van der Waals surface area contributed by atoms with Gasteiger partial charge in [0.05, 0.1) is 25.4 Å². The zero-order valence-corrected chi connectivity index (χ0v) is 18.0. The number of nitro benzene ring substituents is 1. The molecule has 0 atom stereocenters. The Labute approximate surface area is 176 Å². The lowest BCUT2D eigenvalue weighted by atomic mass is 9.97. The van der Waals surface area contributed by atoms with Crippen molar-refractivity contribution in [3.8, 4) is 11.3 Å². The van der Waals surface area contributed by atoms with E-state index in [0.717, 1.165) is 43.2 Å². The van der Waals surface area contributed by atoms with Gasteiger partial charge < -0.3 is 0 Å². The Morgan fingerprint density at radius 1 is 1.25 bits per heavy atom. The van der Waals surface area contributed by atoms with Crippen LogP contribution in [0, 0.1) is 10.1 Å². The van der Waals surface area contributed by atoms with E-state index in [9.17, 15) is 10.1 Å². The molecule has 0 saturated carbocycles. The third kappa shape index (κ3) is 4.30. The van der Waals surface area contributed by atoms with Crippen molar-refractivity contribution < 1.29 is 4.92 Å². The maximum atomic E-state index is 11.3. The van der Waals surface area contributed by atoms with Gasteiger partial charge in [-0.25, -0.2) is 4.98 Å². The molecule has 0 unspecified atom stereocenters. The fraction of sp³-hybridized carbons (Fsp3) is 0.350. The minimum absolute atomic E-state index is 0.120. The molecule has 3 aromatic rings. The highest BCUT2D eigenvalue weighted by Gasteiger charge is 2.24. The average Bonchev–Trinajstić information content (AvgIpc) is 3.38. The Kier molecular flexibility index (Phi) is 6.10. The molecule has 0 N–H and O–H groups in total. The van der Waals surface area contributed by atoms with Gasteiger partial charge in [0.25, 0.3) is 5.69 Å². The first-order valence-corrected chi connectivity index (χ1v) is 12.1. The van der Waals surface area contributed by atoms with Crippen LogP contribution in [-0.2, 0) is 6.54 Å². The molecule has 1 aliphatic rings. The lowest BCUT2D eigenvalue weighted by Crippen LogP contribution is -2.32. The van der Waals surface area contributed by atoms with Crippen LogP contribution in [0.2, 0.25) is 0 Å². The summed E-state index contributed by atoms with van der Waals surface area (Å²) in [5, 5.41) is 14.3. The quantitative estimate of drug-likeness (QED) is 0.277. The first-order chi connectivity index (χ1) is 13.6. The van der Waals surface area contributed by atoms with E-state index in [1.807, 2.05) is 22.8 Å². The monoisotopic (exact) mass is 431 g/mol. The molecule has 0 aliphatic carbocycles. The molecular weight excluding hydrogens is 410 g/mol. The number of thioether (sulfide) groups is 1. The third-order valence-corrected chi connectivity index (χ3v) is 8.21. The Morgan fingerprint density at radius 2 is 2.04 bits per heavy atom. The van der Waals surface area contributed by atoms with Crippen molar-refractivity contribution in [2.24, 2.45) is 0 Å². The summed E-state index contributed by atoms with van der Waals surface area (Å²) in [6, 6.07) is 11.3. The van der Waals surface area contributed by atoms with Gasteiger partial charge in [0.15, 0.2) is 0 Å². The third-order valence-electron chi connectivity index (χ3n) is 5.05. The van der Waals surface area contributed by atoms with Crippen LogP contribution < -0.4 is 0 Å². The van der Waals surface area contributed by atoms with Gasteiger partial charge in [-0.2, -0.15) is 0 Å². The standard InChI is InChI=1S/C20H21N3O2S3/c1-26-19-7-6-15(28-19)12-22-10-8-14(9-11-22)20-21-17(13-27-20)16-4-2-3-5-18(16)23(24)25/h2-7,13-14H,8-12H2,1H3. The molecule has 146 valence electrons. The Balaban J connectivity index is 1.40. The highest BCUT2D eigenvalue weighted by atomic mass is 32.2.